The van der Waals surface area contributed by atoms with Crippen molar-refractivity contribution in [1.82, 2.24) is 9.47 Å². The van der Waals surface area contributed by atoms with Crippen LogP contribution in [0.15, 0.2) is 30.5 Å². The highest BCUT2D eigenvalue weighted by molar-refractivity contribution is 6.08. The standard InChI is InChI=1S/C18H24N4O2/c1-12-6-7-15(19-17(23)11-21(3)4)16(10-12)20-18(24)14-8-9-22(5)13(14)2/h6-10H,11H2,1-5H3,(H,19,23)(H,20,24). The second-order valence-corrected chi connectivity index (χ2v) is 6.21. The second kappa shape index (κ2) is 7.31. The highest BCUT2D eigenvalue weighted by Crippen LogP contribution is 2.24. The molecule has 0 aliphatic carbocycles. The number of amides is 2. The van der Waals surface area contributed by atoms with Crippen molar-refractivity contribution in [3.63, 3.8) is 0 Å². The normalized spacial score (nSPS) is 10.8. The van der Waals surface area contributed by atoms with Gasteiger partial charge in [0, 0.05) is 18.9 Å². The quantitative estimate of drug-likeness (QED) is 0.886. The van der Waals surface area contributed by atoms with Gasteiger partial charge in [-0.2, -0.15) is 0 Å². The molecule has 0 saturated carbocycles. The van der Waals surface area contributed by atoms with E-state index in [4.69, 9.17) is 0 Å². The van der Waals surface area contributed by atoms with Crippen molar-refractivity contribution in [3.05, 3.63) is 47.3 Å². The van der Waals surface area contributed by atoms with Crippen LogP contribution in [0.2, 0.25) is 0 Å². The Morgan fingerprint density at radius 2 is 1.79 bits per heavy atom. The smallest absolute Gasteiger partial charge is 0.257 e. The third-order valence-corrected chi connectivity index (χ3v) is 3.79. The molecule has 2 amide bonds. The molecule has 128 valence electrons. The average Bonchev–Trinajstić information content (AvgIpc) is 2.81. The number of anilines is 2. The summed E-state index contributed by atoms with van der Waals surface area (Å²) in [7, 11) is 5.55. The first-order valence-corrected chi connectivity index (χ1v) is 7.76. The fourth-order valence-electron chi connectivity index (χ4n) is 2.39. The second-order valence-electron chi connectivity index (χ2n) is 6.21. The van der Waals surface area contributed by atoms with Gasteiger partial charge in [-0.3, -0.25) is 9.59 Å². The summed E-state index contributed by atoms with van der Waals surface area (Å²) in [6.45, 7) is 4.11. The van der Waals surface area contributed by atoms with Gasteiger partial charge in [-0.05, 0) is 51.7 Å². The maximum absolute atomic E-state index is 12.5. The van der Waals surface area contributed by atoms with Crippen LogP contribution in [-0.2, 0) is 11.8 Å². The van der Waals surface area contributed by atoms with Crippen LogP contribution in [0.25, 0.3) is 0 Å². The summed E-state index contributed by atoms with van der Waals surface area (Å²) < 4.78 is 1.89. The molecule has 1 aromatic heterocycles. The Hall–Kier alpha value is -2.60. The van der Waals surface area contributed by atoms with Crippen molar-refractivity contribution in [3.8, 4) is 0 Å². The van der Waals surface area contributed by atoms with Gasteiger partial charge in [0.05, 0.1) is 23.5 Å². The number of nitrogens with zero attached hydrogens (tertiary/aromatic N) is 2. The van der Waals surface area contributed by atoms with E-state index in [1.165, 1.54) is 0 Å². The van der Waals surface area contributed by atoms with Gasteiger partial charge in [0.2, 0.25) is 5.91 Å². The summed E-state index contributed by atoms with van der Waals surface area (Å²) in [6.07, 6.45) is 1.85. The van der Waals surface area contributed by atoms with Crippen molar-refractivity contribution in [1.29, 1.82) is 0 Å². The van der Waals surface area contributed by atoms with E-state index in [-0.39, 0.29) is 18.4 Å². The Labute approximate surface area is 142 Å². The van der Waals surface area contributed by atoms with E-state index in [1.54, 1.807) is 17.0 Å². The van der Waals surface area contributed by atoms with Gasteiger partial charge < -0.3 is 20.1 Å². The lowest BCUT2D eigenvalue weighted by atomic mass is 10.1. The van der Waals surface area contributed by atoms with E-state index >= 15 is 0 Å². The van der Waals surface area contributed by atoms with Crippen molar-refractivity contribution in [2.45, 2.75) is 13.8 Å². The molecule has 1 aromatic carbocycles. The predicted octanol–water partition coefficient (Wildman–Crippen LogP) is 2.39. The predicted molar refractivity (Wildman–Crippen MR) is 96.5 cm³/mol. The highest BCUT2D eigenvalue weighted by Gasteiger charge is 2.15. The summed E-state index contributed by atoms with van der Waals surface area (Å²) in [5.41, 5.74) is 3.69. The molecule has 24 heavy (non-hydrogen) atoms. The number of aryl methyl sites for hydroxylation is 2. The Balaban J connectivity index is 2.22. The molecular weight excluding hydrogens is 304 g/mol. The number of carbonyl (C=O) groups is 2. The molecule has 6 heteroatoms. The molecule has 0 unspecified atom stereocenters. The number of carbonyl (C=O) groups excluding carboxylic acids is 2. The molecule has 0 aliphatic rings. The number of likely N-dealkylation sites (N-methyl/N-ethyl adjacent to an activating group) is 1. The summed E-state index contributed by atoms with van der Waals surface area (Å²) in [4.78, 5) is 26.3. The van der Waals surface area contributed by atoms with Crippen LogP contribution in [0.5, 0.6) is 0 Å². The van der Waals surface area contributed by atoms with Crippen LogP contribution in [-0.4, -0.2) is 41.9 Å². The molecule has 0 fully saturated rings. The summed E-state index contributed by atoms with van der Waals surface area (Å²) in [6, 6.07) is 7.33. The molecule has 6 nitrogen and oxygen atoms in total. The minimum absolute atomic E-state index is 0.129. The van der Waals surface area contributed by atoms with E-state index in [9.17, 15) is 9.59 Å². The third-order valence-electron chi connectivity index (χ3n) is 3.79. The Morgan fingerprint density at radius 1 is 1.08 bits per heavy atom. The maximum Gasteiger partial charge on any atom is 0.257 e. The first-order chi connectivity index (χ1) is 11.3. The lowest BCUT2D eigenvalue weighted by Gasteiger charge is -2.15. The van der Waals surface area contributed by atoms with Gasteiger partial charge in [0.15, 0.2) is 0 Å². The Bertz CT molecular complexity index is 762. The zero-order valence-electron chi connectivity index (χ0n) is 14.8. The molecule has 2 N–H and O–H groups in total. The topological polar surface area (TPSA) is 66.4 Å². The number of rotatable bonds is 5. The fourth-order valence-corrected chi connectivity index (χ4v) is 2.39. The van der Waals surface area contributed by atoms with Crippen molar-refractivity contribution in [2.24, 2.45) is 7.05 Å². The fraction of sp³-hybridized carbons (Fsp3) is 0.333. The molecule has 1 heterocycles. The lowest BCUT2D eigenvalue weighted by Crippen LogP contribution is -2.27. The Kier molecular flexibility index (Phi) is 5.41. The highest BCUT2D eigenvalue weighted by atomic mass is 16.2. The minimum Gasteiger partial charge on any atom is -0.354 e. The van der Waals surface area contributed by atoms with E-state index < -0.39 is 0 Å². The number of hydrogen-bond acceptors (Lipinski definition) is 3. The molecule has 2 aromatic rings. The largest absolute Gasteiger partial charge is 0.354 e. The number of nitrogens with one attached hydrogen (secondary N) is 2. The third kappa shape index (κ3) is 4.23. The van der Waals surface area contributed by atoms with Gasteiger partial charge >= 0.3 is 0 Å². The monoisotopic (exact) mass is 328 g/mol. The number of hydrogen-bond donors (Lipinski definition) is 2. The van der Waals surface area contributed by atoms with Gasteiger partial charge in [-0.1, -0.05) is 6.07 Å². The van der Waals surface area contributed by atoms with Crippen molar-refractivity contribution >= 4 is 23.2 Å². The Morgan fingerprint density at radius 3 is 2.38 bits per heavy atom. The number of benzene rings is 1. The van der Waals surface area contributed by atoms with Gasteiger partial charge in [-0.15, -0.1) is 0 Å². The molecule has 0 radical (unpaired) electrons. The number of aromatic nitrogens is 1. The van der Waals surface area contributed by atoms with Crippen LogP contribution >= 0.6 is 0 Å². The van der Waals surface area contributed by atoms with Gasteiger partial charge in [-0.25, -0.2) is 0 Å². The van der Waals surface area contributed by atoms with Crippen LogP contribution in [0.4, 0.5) is 11.4 Å². The summed E-state index contributed by atoms with van der Waals surface area (Å²) in [5, 5.41) is 5.75. The van der Waals surface area contributed by atoms with Crippen molar-refractivity contribution in [2.75, 3.05) is 31.3 Å². The first kappa shape index (κ1) is 17.7. The van der Waals surface area contributed by atoms with Crippen LogP contribution in [0.1, 0.15) is 21.6 Å². The molecule has 2 rings (SSSR count). The van der Waals surface area contributed by atoms with Gasteiger partial charge in [0.25, 0.3) is 5.91 Å². The molecule has 0 saturated heterocycles. The van der Waals surface area contributed by atoms with E-state index in [0.29, 0.717) is 16.9 Å². The van der Waals surface area contributed by atoms with Crippen molar-refractivity contribution < 1.29 is 9.59 Å². The summed E-state index contributed by atoms with van der Waals surface area (Å²) >= 11 is 0. The zero-order chi connectivity index (χ0) is 17.9. The van der Waals surface area contributed by atoms with E-state index in [2.05, 4.69) is 10.6 Å². The van der Waals surface area contributed by atoms with Crippen LogP contribution in [0, 0.1) is 13.8 Å². The molecule has 0 atom stereocenters. The van der Waals surface area contributed by atoms with Gasteiger partial charge in [0.1, 0.15) is 0 Å². The molecule has 0 bridgehead atoms. The van der Waals surface area contributed by atoms with E-state index in [0.717, 1.165) is 11.3 Å². The molecule has 0 aliphatic heterocycles. The van der Waals surface area contributed by atoms with Crippen LogP contribution < -0.4 is 10.6 Å². The average molecular weight is 328 g/mol. The SMILES string of the molecule is Cc1ccc(NC(=O)CN(C)C)c(NC(=O)c2ccn(C)c2C)c1. The minimum atomic E-state index is -0.193. The summed E-state index contributed by atoms with van der Waals surface area (Å²) in [5.74, 6) is -0.322. The van der Waals surface area contributed by atoms with Crippen LogP contribution in [0.3, 0.4) is 0 Å². The zero-order valence-corrected chi connectivity index (χ0v) is 14.8. The maximum atomic E-state index is 12.5. The lowest BCUT2D eigenvalue weighted by molar-refractivity contribution is -0.116. The molecule has 0 spiro atoms. The first-order valence-electron chi connectivity index (χ1n) is 7.76. The molecular formula is C18H24N4O2. The van der Waals surface area contributed by atoms with E-state index in [1.807, 2.05) is 57.9 Å².